The minimum absolute atomic E-state index is 0.0822. The van der Waals surface area contributed by atoms with Crippen molar-refractivity contribution in [2.75, 3.05) is 37.2 Å². The van der Waals surface area contributed by atoms with Crippen molar-refractivity contribution >= 4 is 53.6 Å². The summed E-state index contributed by atoms with van der Waals surface area (Å²) >= 11 is 16.3. The summed E-state index contributed by atoms with van der Waals surface area (Å²) in [5, 5.41) is 6.29. The molecule has 1 aliphatic heterocycles. The van der Waals surface area contributed by atoms with Crippen molar-refractivity contribution in [2.24, 2.45) is 0 Å². The van der Waals surface area contributed by atoms with Gasteiger partial charge in [-0.05, 0) is 19.3 Å². The molecular weight excluding hydrogens is 468 g/mol. The molecule has 3 atom stereocenters. The number of nitrogens with zero attached hydrogens (tertiary/aromatic N) is 1. The molecule has 3 N–H and O–H groups in total. The van der Waals surface area contributed by atoms with Gasteiger partial charge in [-0.15, -0.1) is 23.2 Å². The van der Waals surface area contributed by atoms with Gasteiger partial charge < -0.3 is 4.52 Å². The lowest BCUT2D eigenvalue weighted by atomic mass is 9.94. The molecule has 2 fully saturated rings. The molecule has 1 saturated carbocycles. The van der Waals surface area contributed by atoms with Crippen molar-refractivity contribution in [1.29, 1.82) is 0 Å². The van der Waals surface area contributed by atoms with Gasteiger partial charge in [0, 0.05) is 36.9 Å². The first kappa shape index (κ1) is 25.2. The van der Waals surface area contributed by atoms with Crippen LogP contribution in [0.5, 0.6) is 0 Å². The highest BCUT2D eigenvalue weighted by Gasteiger charge is 2.47. The van der Waals surface area contributed by atoms with E-state index in [0.29, 0.717) is 19.5 Å². The Morgan fingerprint density at radius 2 is 1.82 bits per heavy atom. The highest BCUT2D eigenvalue weighted by Crippen LogP contribution is 2.51. The van der Waals surface area contributed by atoms with Gasteiger partial charge >= 0.3 is 7.67 Å². The maximum atomic E-state index is 13.4. The maximum Gasteiger partial charge on any atom is 0.343 e. The molecule has 0 spiro atoms. The second kappa shape index (κ2) is 11.0. The summed E-state index contributed by atoms with van der Waals surface area (Å²) in [6.45, 7) is 0.772. The number of hydrogen-bond donors (Lipinski definition) is 4. The predicted octanol–water partition coefficient (Wildman–Crippen LogP) is 2.69. The van der Waals surface area contributed by atoms with Gasteiger partial charge in [-0.25, -0.2) is 9.76 Å². The lowest BCUT2D eigenvalue weighted by molar-refractivity contribution is 0.183. The van der Waals surface area contributed by atoms with Crippen molar-refractivity contribution in [3.05, 3.63) is 0 Å². The van der Waals surface area contributed by atoms with Crippen molar-refractivity contribution in [3.8, 4) is 0 Å². The molecule has 3 unspecified atom stereocenters. The van der Waals surface area contributed by atoms with E-state index in [2.05, 4.69) is 23.0 Å². The zero-order valence-electron chi connectivity index (χ0n) is 15.7. The summed E-state index contributed by atoms with van der Waals surface area (Å²) in [7, 11) is -7.80. The van der Waals surface area contributed by atoms with E-state index >= 15 is 0 Å². The van der Waals surface area contributed by atoms with Gasteiger partial charge in [-0.2, -0.15) is 21.0 Å². The second-order valence-corrected chi connectivity index (χ2v) is 12.4. The molecular formula is C15H30Cl2N3O5PS2. The third kappa shape index (κ3) is 7.25. The minimum atomic E-state index is -4.33. The standard InChI is InChI=1S/C15H30Cl2N3O5PS2/c16-7-9-20(10-8-17)26(21)19-14(6-11-25-26)15(27,12-28(22,23)24)18-13-4-2-1-3-5-13/h13-14,18,27H,1-12H2,(H,19,21)(H,22,23,24). The quantitative estimate of drug-likeness (QED) is 0.120. The second-order valence-electron chi connectivity index (χ2n) is 7.29. The zero-order valence-corrected chi connectivity index (χ0v) is 19.8. The maximum absolute atomic E-state index is 13.4. The number of thiol groups is 1. The predicted molar refractivity (Wildman–Crippen MR) is 116 cm³/mol. The van der Waals surface area contributed by atoms with E-state index in [-0.39, 0.29) is 24.4 Å². The monoisotopic (exact) mass is 497 g/mol. The number of hydrogen-bond acceptors (Lipinski definition) is 6. The molecule has 1 aliphatic carbocycles. The molecule has 1 heterocycles. The fraction of sp³-hybridized carbons (Fsp3) is 1.00. The molecule has 1 saturated heterocycles. The lowest BCUT2D eigenvalue weighted by Gasteiger charge is -2.45. The van der Waals surface area contributed by atoms with E-state index < -0.39 is 34.5 Å². The summed E-state index contributed by atoms with van der Waals surface area (Å²) in [5.74, 6) is -0.121. The molecule has 2 aliphatic rings. The largest absolute Gasteiger partial charge is 0.343 e. The van der Waals surface area contributed by atoms with Gasteiger partial charge in [0.1, 0.15) is 5.75 Å². The summed E-state index contributed by atoms with van der Waals surface area (Å²) in [6, 6.07) is -0.522. The average molecular weight is 498 g/mol. The van der Waals surface area contributed by atoms with E-state index in [1.54, 1.807) is 4.67 Å². The van der Waals surface area contributed by atoms with Gasteiger partial charge in [0.15, 0.2) is 0 Å². The smallest absolute Gasteiger partial charge is 0.306 e. The van der Waals surface area contributed by atoms with Gasteiger partial charge in [-0.1, -0.05) is 19.3 Å². The Bertz CT molecular complexity index is 648. The highest BCUT2D eigenvalue weighted by molar-refractivity contribution is 7.88. The van der Waals surface area contributed by atoms with Crippen LogP contribution in [0.15, 0.2) is 0 Å². The average Bonchev–Trinajstić information content (AvgIpc) is 2.61. The van der Waals surface area contributed by atoms with Crippen molar-refractivity contribution in [2.45, 2.75) is 55.5 Å². The Morgan fingerprint density at radius 1 is 1.21 bits per heavy atom. The molecule has 0 aromatic rings. The van der Waals surface area contributed by atoms with Crippen LogP contribution in [0, 0.1) is 0 Å². The van der Waals surface area contributed by atoms with E-state index in [1.165, 1.54) is 0 Å². The highest BCUT2D eigenvalue weighted by atomic mass is 35.5. The third-order valence-corrected chi connectivity index (χ3v) is 9.37. The Balaban J connectivity index is 2.24. The van der Waals surface area contributed by atoms with Crippen LogP contribution in [0.4, 0.5) is 0 Å². The summed E-state index contributed by atoms with van der Waals surface area (Å²) in [6.07, 6.45) is 5.43. The molecule has 28 heavy (non-hydrogen) atoms. The van der Waals surface area contributed by atoms with Crippen LogP contribution in [0.1, 0.15) is 38.5 Å². The number of alkyl halides is 2. The molecule has 0 aromatic carbocycles. The zero-order chi connectivity index (χ0) is 20.8. The van der Waals surface area contributed by atoms with Crippen molar-refractivity contribution in [3.63, 3.8) is 0 Å². The van der Waals surface area contributed by atoms with E-state index in [4.69, 9.17) is 27.7 Å². The Labute approximate surface area is 183 Å². The van der Waals surface area contributed by atoms with Crippen LogP contribution in [-0.2, 0) is 19.2 Å². The first-order chi connectivity index (χ1) is 13.1. The van der Waals surface area contributed by atoms with Gasteiger partial charge in [0.2, 0.25) is 0 Å². The van der Waals surface area contributed by atoms with Gasteiger partial charge in [-0.3, -0.25) is 14.4 Å². The first-order valence-electron chi connectivity index (χ1n) is 9.47. The SMILES string of the molecule is O=P1(N(CCCl)CCCl)NC(C(S)(CS(=O)(=O)O)NC2CCCCC2)CCO1. The Kier molecular flexibility index (Phi) is 9.87. The molecule has 13 heteroatoms. The molecule has 8 nitrogen and oxygen atoms in total. The Hall–Kier alpha value is 0.910. The summed E-state index contributed by atoms with van der Waals surface area (Å²) in [5.41, 5.74) is 0. The normalized spacial score (nSPS) is 29.7. The molecule has 0 bridgehead atoms. The van der Waals surface area contributed by atoms with E-state index in [9.17, 15) is 17.5 Å². The number of nitrogens with one attached hydrogen (secondary N) is 2. The van der Waals surface area contributed by atoms with Crippen molar-refractivity contribution in [1.82, 2.24) is 15.1 Å². The summed E-state index contributed by atoms with van der Waals surface area (Å²) < 4.78 is 53.5. The first-order valence-corrected chi connectivity index (χ1v) is 14.2. The van der Waals surface area contributed by atoms with Crippen LogP contribution in [0.2, 0.25) is 0 Å². The van der Waals surface area contributed by atoms with Crippen LogP contribution in [0.25, 0.3) is 0 Å². The van der Waals surface area contributed by atoms with Crippen molar-refractivity contribution < 1.29 is 22.1 Å². The van der Waals surface area contributed by atoms with Crippen LogP contribution >= 0.6 is 43.5 Å². The minimum Gasteiger partial charge on any atom is -0.306 e. The van der Waals surface area contributed by atoms with E-state index in [1.807, 2.05) is 0 Å². The number of rotatable bonds is 10. The van der Waals surface area contributed by atoms with Gasteiger partial charge in [0.05, 0.1) is 11.5 Å². The third-order valence-electron chi connectivity index (χ3n) is 5.09. The topological polar surface area (TPSA) is 108 Å². The van der Waals surface area contributed by atoms with Crippen LogP contribution in [0.3, 0.4) is 0 Å². The molecule has 0 aromatic heterocycles. The van der Waals surface area contributed by atoms with Crippen LogP contribution < -0.4 is 10.4 Å². The fourth-order valence-electron chi connectivity index (χ4n) is 3.79. The molecule has 0 amide bonds. The molecule has 0 radical (unpaired) electrons. The molecule has 2 rings (SSSR count). The lowest BCUT2D eigenvalue weighted by Crippen LogP contribution is -2.63. The molecule has 166 valence electrons. The summed E-state index contributed by atoms with van der Waals surface area (Å²) in [4.78, 5) is -1.30. The van der Waals surface area contributed by atoms with E-state index in [0.717, 1.165) is 32.1 Å². The van der Waals surface area contributed by atoms with Gasteiger partial charge in [0.25, 0.3) is 10.1 Å². The fourth-order valence-corrected chi connectivity index (χ4v) is 8.47. The Morgan fingerprint density at radius 3 is 2.36 bits per heavy atom. The van der Waals surface area contributed by atoms with Crippen LogP contribution in [-0.4, -0.2) is 71.8 Å². The number of halogens is 2.